The summed E-state index contributed by atoms with van der Waals surface area (Å²) in [5.41, 5.74) is 20.2. The molecule has 2 heterocycles. The van der Waals surface area contributed by atoms with Crippen molar-refractivity contribution in [3.05, 3.63) is 277 Å². The van der Waals surface area contributed by atoms with Crippen LogP contribution >= 0.6 is 0 Å². The van der Waals surface area contributed by atoms with Crippen molar-refractivity contribution in [3.8, 4) is 78.4 Å². The minimum atomic E-state index is -0.509. The topological polar surface area (TPSA) is 38.9 Å². The van der Waals surface area contributed by atoms with Crippen molar-refractivity contribution in [3.63, 3.8) is 0 Å². The Balaban J connectivity index is 0.980. The maximum absolute atomic E-state index is 6.43. The van der Waals surface area contributed by atoms with Crippen LogP contribution in [0.4, 0.5) is 0 Å². The van der Waals surface area contributed by atoms with E-state index in [-0.39, 0.29) is 0 Å². The monoisotopic (exact) mass is 866 g/mol. The van der Waals surface area contributed by atoms with Gasteiger partial charge in [-0.1, -0.05) is 218 Å². The van der Waals surface area contributed by atoms with Gasteiger partial charge in [-0.2, -0.15) is 0 Å². The van der Waals surface area contributed by atoms with Crippen LogP contribution in [-0.4, -0.2) is 9.97 Å². The zero-order chi connectivity index (χ0) is 45.0. The maximum Gasteiger partial charge on any atom is 0.160 e. The smallest absolute Gasteiger partial charge is 0.160 e. The molecule has 68 heavy (non-hydrogen) atoms. The minimum Gasteiger partial charge on any atom is -0.455 e. The van der Waals surface area contributed by atoms with Gasteiger partial charge in [-0.15, -0.1) is 0 Å². The molecule has 1 aliphatic rings. The van der Waals surface area contributed by atoms with Crippen LogP contribution in [-0.2, 0) is 5.41 Å². The highest BCUT2D eigenvalue weighted by molar-refractivity contribution is 6.09. The van der Waals surface area contributed by atoms with Crippen molar-refractivity contribution in [2.24, 2.45) is 0 Å². The highest BCUT2D eigenvalue weighted by Gasteiger charge is 2.46. The maximum atomic E-state index is 6.43. The van der Waals surface area contributed by atoms with Crippen LogP contribution in [0, 0.1) is 0 Å². The van der Waals surface area contributed by atoms with Crippen LogP contribution < -0.4 is 0 Å². The highest BCUT2D eigenvalue weighted by Crippen LogP contribution is 2.57. The van der Waals surface area contributed by atoms with Crippen LogP contribution in [0.5, 0.6) is 0 Å². The first-order valence-corrected chi connectivity index (χ1v) is 23.2. The SMILES string of the molecule is c1ccc(-c2cc(-c3ccc4c(c3)C(c3ccccc3)(c3ccccc3)c3ccccc3-4)cc(-c3cc(-c4ccc(-c5cccc6c5oc5ccccc56)cc4)nc(-c4ccccc4)n3)c2)cc1. The van der Waals surface area contributed by atoms with Gasteiger partial charge in [0.15, 0.2) is 5.82 Å². The largest absolute Gasteiger partial charge is 0.455 e. The molecule has 2 aromatic heterocycles. The first-order chi connectivity index (χ1) is 33.7. The first-order valence-electron chi connectivity index (χ1n) is 23.2. The van der Waals surface area contributed by atoms with E-state index in [1.165, 1.54) is 33.4 Å². The Morgan fingerprint density at radius 2 is 0.809 bits per heavy atom. The summed E-state index contributed by atoms with van der Waals surface area (Å²) in [6, 6.07) is 91.3. The Kier molecular flexibility index (Phi) is 9.40. The molecular weight excluding hydrogens is 825 g/mol. The molecule has 0 atom stereocenters. The molecule has 0 spiro atoms. The summed E-state index contributed by atoms with van der Waals surface area (Å²) >= 11 is 0. The number of para-hydroxylation sites is 2. The Morgan fingerprint density at radius 3 is 1.53 bits per heavy atom. The summed E-state index contributed by atoms with van der Waals surface area (Å²) in [7, 11) is 0. The fourth-order valence-electron chi connectivity index (χ4n) is 10.6. The van der Waals surface area contributed by atoms with E-state index in [4.69, 9.17) is 14.4 Å². The summed E-state index contributed by atoms with van der Waals surface area (Å²) in [4.78, 5) is 10.6. The summed E-state index contributed by atoms with van der Waals surface area (Å²) in [6.07, 6.45) is 0. The lowest BCUT2D eigenvalue weighted by Crippen LogP contribution is -2.28. The van der Waals surface area contributed by atoms with Gasteiger partial charge in [0, 0.05) is 33.0 Å². The minimum absolute atomic E-state index is 0.509. The summed E-state index contributed by atoms with van der Waals surface area (Å²) < 4.78 is 6.43. The Morgan fingerprint density at radius 1 is 0.294 bits per heavy atom. The number of hydrogen-bond donors (Lipinski definition) is 0. The molecule has 10 aromatic carbocycles. The third-order valence-corrected chi connectivity index (χ3v) is 13.8. The fourth-order valence-corrected chi connectivity index (χ4v) is 10.6. The summed E-state index contributed by atoms with van der Waals surface area (Å²) in [5, 5.41) is 2.24. The second-order valence-corrected chi connectivity index (χ2v) is 17.6. The van der Waals surface area contributed by atoms with E-state index < -0.39 is 5.41 Å². The molecule has 0 fully saturated rings. The Bertz CT molecular complexity index is 3780. The van der Waals surface area contributed by atoms with Gasteiger partial charge >= 0.3 is 0 Å². The van der Waals surface area contributed by atoms with Gasteiger partial charge in [0.25, 0.3) is 0 Å². The van der Waals surface area contributed by atoms with E-state index in [0.29, 0.717) is 5.82 Å². The molecule has 318 valence electrons. The molecule has 0 radical (unpaired) electrons. The average molecular weight is 867 g/mol. The molecule has 0 unspecified atom stereocenters. The molecule has 0 N–H and O–H groups in total. The van der Waals surface area contributed by atoms with Gasteiger partial charge in [-0.25, -0.2) is 9.97 Å². The van der Waals surface area contributed by atoms with Crippen molar-refractivity contribution in [2.45, 2.75) is 5.41 Å². The zero-order valence-electron chi connectivity index (χ0n) is 37.1. The van der Waals surface area contributed by atoms with Gasteiger partial charge in [-0.3, -0.25) is 0 Å². The number of hydrogen-bond acceptors (Lipinski definition) is 3. The van der Waals surface area contributed by atoms with Crippen LogP contribution in [0.1, 0.15) is 22.3 Å². The molecule has 0 aliphatic heterocycles. The number of furan rings is 1. The normalized spacial score (nSPS) is 12.5. The number of aromatic nitrogens is 2. The molecule has 3 nitrogen and oxygen atoms in total. The first kappa shape index (κ1) is 39.4. The molecule has 0 saturated carbocycles. The third-order valence-electron chi connectivity index (χ3n) is 13.8. The van der Waals surface area contributed by atoms with E-state index in [2.05, 4.69) is 224 Å². The van der Waals surface area contributed by atoms with Crippen molar-refractivity contribution in [1.29, 1.82) is 0 Å². The van der Waals surface area contributed by atoms with Crippen LogP contribution in [0.15, 0.2) is 259 Å². The van der Waals surface area contributed by atoms with Crippen molar-refractivity contribution in [1.82, 2.24) is 9.97 Å². The number of rotatable bonds is 8. The lowest BCUT2D eigenvalue weighted by atomic mass is 9.67. The molecule has 0 amide bonds. The quantitative estimate of drug-likeness (QED) is 0.153. The Labute approximate surface area is 395 Å². The number of benzene rings is 10. The molecule has 0 saturated heterocycles. The van der Waals surface area contributed by atoms with Gasteiger partial charge in [0.2, 0.25) is 0 Å². The van der Waals surface area contributed by atoms with Crippen LogP contribution in [0.3, 0.4) is 0 Å². The molecule has 12 aromatic rings. The van der Waals surface area contributed by atoms with Gasteiger partial charge in [0.05, 0.1) is 16.8 Å². The second-order valence-electron chi connectivity index (χ2n) is 17.6. The van der Waals surface area contributed by atoms with Crippen molar-refractivity contribution >= 4 is 21.9 Å². The van der Waals surface area contributed by atoms with E-state index in [1.807, 2.05) is 30.3 Å². The average Bonchev–Trinajstić information content (AvgIpc) is 3.95. The Hall–Kier alpha value is -8.92. The van der Waals surface area contributed by atoms with Crippen molar-refractivity contribution < 1.29 is 4.42 Å². The van der Waals surface area contributed by atoms with Gasteiger partial charge in [0.1, 0.15) is 11.2 Å². The molecule has 3 heteroatoms. The van der Waals surface area contributed by atoms with Gasteiger partial charge in [-0.05, 0) is 97.6 Å². The zero-order valence-corrected chi connectivity index (χ0v) is 37.1. The van der Waals surface area contributed by atoms with E-state index in [9.17, 15) is 0 Å². The molecule has 0 bridgehead atoms. The van der Waals surface area contributed by atoms with Crippen LogP contribution in [0.25, 0.3) is 100 Å². The van der Waals surface area contributed by atoms with Crippen LogP contribution in [0.2, 0.25) is 0 Å². The van der Waals surface area contributed by atoms with E-state index in [1.54, 1.807) is 0 Å². The fraction of sp³-hybridized carbons (Fsp3) is 0.0154. The van der Waals surface area contributed by atoms with E-state index in [0.717, 1.165) is 83.4 Å². The van der Waals surface area contributed by atoms with Crippen molar-refractivity contribution in [2.75, 3.05) is 0 Å². The van der Waals surface area contributed by atoms with Gasteiger partial charge < -0.3 is 4.42 Å². The summed E-state index contributed by atoms with van der Waals surface area (Å²) in [5.74, 6) is 0.673. The van der Waals surface area contributed by atoms with E-state index >= 15 is 0 Å². The molecule has 1 aliphatic carbocycles. The molecule has 13 rings (SSSR count). The highest BCUT2D eigenvalue weighted by atomic mass is 16.3. The summed E-state index contributed by atoms with van der Waals surface area (Å²) in [6.45, 7) is 0. The lowest BCUT2D eigenvalue weighted by molar-refractivity contribution is 0.670. The predicted molar refractivity (Wildman–Crippen MR) is 279 cm³/mol. The number of fused-ring (bicyclic) bond motifs is 6. The second kappa shape index (κ2) is 16.2. The predicted octanol–water partition coefficient (Wildman–Crippen LogP) is 16.7. The molecular formula is C65H42N2O. The standard InChI is InChI=1S/C65H42N2O/c1-5-18-43(19-6-1)48-38-49(47-36-37-55-54-26-13-15-30-58(54)65(59(55)41-47,51-22-9-3-10-23-51)52-24-11-4-12-25-52)40-50(39-48)61-42-60(66-64(67-61)46-20-7-2-8-21-46)45-34-32-44(33-35-45)53-28-17-29-57-56-27-14-16-31-62(56)68-63(53)57/h1-42H. The number of nitrogens with zero attached hydrogens (tertiary/aromatic N) is 2. The lowest BCUT2D eigenvalue weighted by Gasteiger charge is -2.34. The third kappa shape index (κ3) is 6.51.